The van der Waals surface area contributed by atoms with Gasteiger partial charge in [0.1, 0.15) is 5.60 Å². The van der Waals surface area contributed by atoms with Gasteiger partial charge in [0.25, 0.3) is 0 Å². The number of fused-ring (bicyclic) bond motifs is 9. The lowest BCUT2D eigenvalue weighted by molar-refractivity contribution is -0.171. The summed E-state index contributed by atoms with van der Waals surface area (Å²) in [6.07, 6.45) is 14.1. The van der Waals surface area contributed by atoms with E-state index in [2.05, 4.69) is 30.3 Å². The minimum absolute atomic E-state index is 0.0344. The van der Waals surface area contributed by atoms with Gasteiger partial charge in [-0.1, -0.05) is 24.2 Å². The van der Waals surface area contributed by atoms with E-state index in [1.165, 1.54) is 24.8 Å². The lowest BCUT2D eigenvalue weighted by atomic mass is 9.50. The van der Waals surface area contributed by atoms with Crippen LogP contribution in [0.3, 0.4) is 0 Å². The Morgan fingerprint density at radius 1 is 1.23 bits per heavy atom. The van der Waals surface area contributed by atoms with Crippen LogP contribution in [0.1, 0.15) is 51.9 Å². The van der Waals surface area contributed by atoms with Crippen molar-refractivity contribution in [1.82, 2.24) is 0 Å². The van der Waals surface area contributed by atoms with Crippen molar-refractivity contribution in [1.29, 1.82) is 0 Å². The highest BCUT2D eigenvalue weighted by Crippen LogP contribution is 2.78. The monoisotopic (exact) mass is 353 g/mol. The maximum absolute atomic E-state index is 12.0. The van der Waals surface area contributed by atoms with E-state index in [-0.39, 0.29) is 17.0 Å². The van der Waals surface area contributed by atoms with Crippen LogP contribution in [0.15, 0.2) is 29.0 Å². The third kappa shape index (κ3) is 1.67. The maximum atomic E-state index is 12.0. The summed E-state index contributed by atoms with van der Waals surface area (Å²) >= 11 is 0. The van der Waals surface area contributed by atoms with Crippen molar-refractivity contribution in [3.63, 3.8) is 0 Å². The first-order valence-corrected chi connectivity index (χ1v) is 10.4. The number of carbonyl (C=O) groups excluding carboxylic acids is 1. The second-order valence-electron chi connectivity index (χ2n) is 9.83. The van der Waals surface area contributed by atoms with E-state index in [1.807, 2.05) is 0 Å². The Kier molecular flexibility index (Phi) is 2.87. The summed E-state index contributed by atoms with van der Waals surface area (Å²) in [7, 11) is 0. The highest BCUT2D eigenvalue weighted by molar-refractivity contribution is 5.96. The Labute approximate surface area is 154 Å². The number of esters is 1. The molecule has 6 rings (SSSR count). The average molecular weight is 353 g/mol. The Morgan fingerprint density at radius 2 is 2.12 bits per heavy atom. The van der Waals surface area contributed by atoms with E-state index < -0.39 is 0 Å². The lowest BCUT2D eigenvalue weighted by Crippen LogP contribution is -2.54. The van der Waals surface area contributed by atoms with Gasteiger partial charge in [-0.15, -0.1) is 0 Å². The van der Waals surface area contributed by atoms with Crippen molar-refractivity contribution in [2.45, 2.75) is 57.5 Å². The van der Waals surface area contributed by atoms with Crippen LogP contribution < -0.4 is 0 Å². The van der Waals surface area contributed by atoms with Crippen molar-refractivity contribution in [3.8, 4) is 0 Å². The van der Waals surface area contributed by atoms with E-state index in [0.717, 1.165) is 30.9 Å². The average Bonchev–Trinajstić information content (AvgIpc) is 3.29. The van der Waals surface area contributed by atoms with Gasteiger partial charge in [-0.2, -0.15) is 0 Å². The highest BCUT2D eigenvalue weighted by atomic mass is 16.6. The minimum atomic E-state index is -0.155. The van der Waals surface area contributed by atoms with Crippen LogP contribution in [-0.2, 0) is 9.53 Å². The lowest BCUT2D eigenvalue weighted by Gasteiger charge is -2.55. The van der Waals surface area contributed by atoms with Crippen molar-refractivity contribution in [3.05, 3.63) is 23.8 Å². The molecule has 3 unspecified atom stereocenters. The molecule has 0 aromatic rings. The van der Waals surface area contributed by atoms with E-state index >= 15 is 0 Å². The summed E-state index contributed by atoms with van der Waals surface area (Å²) in [6, 6.07) is 0. The molecule has 0 radical (unpaired) electrons. The molecule has 1 spiro atoms. The van der Waals surface area contributed by atoms with E-state index in [0.29, 0.717) is 36.0 Å². The van der Waals surface area contributed by atoms with Crippen LogP contribution in [0, 0.1) is 40.9 Å². The Hall–Kier alpha value is -1.58. The first kappa shape index (κ1) is 15.5. The number of hydrogen-bond acceptors (Lipinski definition) is 4. The van der Waals surface area contributed by atoms with Crippen molar-refractivity contribution >= 4 is 11.7 Å². The molecule has 5 aliphatic carbocycles. The smallest absolute Gasteiger partial charge is 0.306 e. The molecule has 4 fully saturated rings. The highest BCUT2D eigenvalue weighted by Gasteiger charge is 2.78. The van der Waals surface area contributed by atoms with Gasteiger partial charge in [0.15, 0.2) is 0 Å². The number of nitrogens with zero attached hydrogens (tertiary/aromatic N) is 1. The molecule has 0 bridgehead atoms. The van der Waals surface area contributed by atoms with Gasteiger partial charge < -0.3 is 9.94 Å². The Morgan fingerprint density at radius 3 is 2.88 bits per heavy atom. The third-order valence-electron chi connectivity index (χ3n) is 9.13. The fraction of sp³-hybridized carbons (Fsp3) is 0.727. The second kappa shape index (κ2) is 4.82. The van der Waals surface area contributed by atoms with Crippen molar-refractivity contribution < 1.29 is 14.7 Å². The molecule has 0 amide bonds. The zero-order valence-electron chi connectivity index (χ0n) is 15.4. The molecule has 1 aliphatic heterocycles. The van der Waals surface area contributed by atoms with Crippen molar-refractivity contribution in [2.75, 3.05) is 0 Å². The number of rotatable bonds is 0. The molecule has 4 nitrogen and oxygen atoms in total. The molecule has 3 saturated carbocycles. The topological polar surface area (TPSA) is 58.9 Å². The number of allylic oxidation sites excluding steroid dienone is 4. The predicted octanol–water partition coefficient (Wildman–Crippen LogP) is 4.10. The maximum Gasteiger partial charge on any atom is 0.306 e. The first-order chi connectivity index (χ1) is 12.6. The molecule has 4 heteroatoms. The largest absolute Gasteiger partial charge is 0.458 e. The first-order valence-electron chi connectivity index (χ1n) is 10.4. The van der Waals surface area contributed by atoms with Crippen LogP contribution in [0.2, 0.25) is 0 Å². The zero-order chi connectivity index (χ0) is 17.7. The summed E-state index contributed by atoms with van der Waals surface area (Å²) < 4.78 is 6.13. The number of ether oxygens (including phenoxy) is 1. The van der Waals surface area contributed by atoms with Gasteiger partial charge in [-0.3, -0.25) is 4.79 Å². The summed E-state index contributed by atoms with van der Waals surface area (Å²) in [4.78, 5) is 12.0. The van der Waals surface area contributed by atoms with Gasteiger partial charge in [-0.25, -0.2) is 0 Å². The minimum Gasteiger partial charge on any atom is -0.458 e. The van der Waals surface area contributed by atoms with Gasteiger partial charge in [0.2, 0.25) is 0 Å². The van der Waals surface area contributed by atoms with E-state index in [1.54, 1.807) is 0 Å². The molecule has 26 heavy (non-hydrogen) atoms. The standard InChI is InChI=1S/C22H27NO3/c1-21-8-6-15-14-5-3-13(23-25)10-12(14)2-4-16(15)20(21)17-11-18(17)22(21)9-7-19(24)26-22/h2,4,10,14-18,20,25H,3,5-9,11H2,1H3/b23-13+/t14-,15?,16?,17-,18+,20?,21-,22-/m0/s1. The molecule has 0 aromatic heterocycles. The fourth-order valence-electron chi connectivity index (χ4n) is 8.10. The predicted molar refractivity (Wildman–Crippen MR) is 96.6 cm³/mol. The van der Waals surface area contributed by atoms with E-state index in [4.69, 9.17) is 9.94 Å². The van der Waals surface area contributed by atoms with Crippen LogP contribution in [0.25, 0.3) is 0 Å². The van der Waals surface area contributed by atoms with Crippen LogP contribution in [-0.4, -0.2) is 22.5 Å². The molecular formula is C22H27NO3. The second-order valence-corrected chi connectivity index (χ2v) is 9.83. The Bertz CT molecular complexity index is 782. The molecular weight excluding hydrogens is 326 g/mol. The molecule has 0 aromatic carbocycles. The van der Waals surface area contributed by atoms with Crippen LogP contribution >= 0.6 is 0 Å². The normalized spacial score (nSPS) is 55.0. The fourth-order valence-corrected chi connectivity index (χ4v) is 8.10. The molecule has 1 heterocycles. The number of oxime groups is 1. The summed E-state index contributed by atoms with van der Waals surface area (Å²) in [5, 5.41) is 12.6. The third-order valence-corrected chi connectivity index (χ3v) is 9.13. The molecule has 1 N–H and O–H groups in total. The molecule has 6 aliphatic rings. The van der Waals surface area contributed by atoms with Gasteiger partial charge in [-0.05, 0) is 79.8 Å². The molecule has 138 valence electrons. The summed E-state index contributed by atoms with van der Waals surface area (Å²) in [5.74, 6) is 4.02. The van der Waals surface area contributed by atoms with Crippen LogP contribution in [0.5, 0.6) is 0 Å². The van der Waals surface area contributed by atoms with Crippen molar-refractivity contribution in [2.24, 2.45) is 46.1 Å². The zero-order valence-corrected chi connectivity index (χ0v) is 15.4. The van der Waals surface area contributed by atoms with Gasteiger partial charge in [0.05, 0.1) is 5.71 Å². The van der Waals surface area contributed by atoms with Crippen LogP contribution in [0.4, 0.5) is 0 Å². The number of carbonyl (C=O) groups is 1. The molecule has 1 saturated heterocycles. The Balaban J connectivity index is 1.39. The quantitative estimate of drug-likeness (QED) is 0.405. The number of hydrogen-bond donors (Lipinski definition) is 1. The van der Waals surface area contributed by atoms with Gasteiger partial charge in [0, 0.05) is 17.8 Å². The van der Waals surface area contributed by atoms with Gasteiger partial charge >= 0.3 is 5.97 Å². The molecule has 8 atom stereocenters. The summed E-state index contributed by atoms with van der Waals surface area (Å²) in [5.41, 5.74) is 2.19. The SMILES string of the molecule is C[C@]12CCC3C(C=CC4=C/C(=N/O)CC[C@@H]43)C1[C@H]1C[C@H]1[C@@]21CCC(=O)O1. The summed E-state index contributed by atoms with van der Waals surface area (Å²) in [6.45, 7) is 2.44. The van der Waals surface area contributed by atoms with E-state index in [9.17, 15) is 4.79 Å².